The van der Waals surface area contributed by atoms with Crippen molar-refractivity contribution in [3.63, 3.8) is 0 Å². The maximum absolute atomic E-state index is 12.8. The third-order valence-corrected chi connectivity index (χ3v) is 6.09. The standard InChI is InChI=1S/C25H27N3OS2/c1-4-19-11-8-10-17(2)23(19)28-24(29)18(3)31-22-15-9-14-21(16-22)27-25(30)26-20-12-6-5-7-13-20/h5-16,18H,4H2,1-3H3,(H,28,29)(H2,26,27,30). The number of carbonyl (C=O) groups excluding carboxylic acids is 1. The Morgan fingerprint density at radius 1 is 0.935 bits per heavy atom. The van der Waals surface area contributed by atoms with E-state index >= 15 is 0 Å². The van der Waals surface area contributed by atoms with Crippen molar-refractivity contribution in [1.29, 1.82) is 0 Å². The van der Waals surface area contributed by atoms with Crippen LogP contribution in [0.5, 0.6) is 0 Å². The zero-order valence-electron chi connectivity index (χ0n) is 17.9. The van der Waals surface area contributed by atoms with Gasteiger partial charge < -0.3 is 16.0 Å². The first-order valence-electron chi connectivity index (χ1n) is 10.3. The lowest BCUT2D eigenvalue weighted by atomic mass is 10.1. The van der Waals surface area contributed by atoms with Crippen molar-refractivity contribution in [2.75, 3.05) is 16.0 Å². The van der Waals surface area contributed by atoms with Crippen LogP contribution in [0.4, 0.5) is 17.1 Å². The van der Waals surface area contributed by atoms with Crippen molar-refractivity contribution in [2.24, 2.45) is 0 Å². The lowest BCUT2D eigenvalue weighted by Crippen LogP contribution is -2.23. The first-order valence-corrected chi connectivity index (χ1v) is 11.5. The van der Waals surface area contributed by atoms with Crippen LogP contribution in [0, 0.1) is 6.92 Å². The molecule has 0 saturated carbocycles. The highest BCUT2D eigenvalue weighted by molar-refractivity contribution is 8.00. The van der Waals surface area contributed by atoms with Crippen LogP contribution in [0.2, 0.25) is 0 Å². The van der Waals surface area contributed by atoms with E-state index < -0.39 is 0 Å². The fourth-order valence-electron chi connectivity index (χ4n) is 3.15. The minimum atomic E-state index is -0.242. The van der Waals surface area contributed by atoms with Crippen LogP contribution in [-0.4, -0.2) is 16.3 Å². The van der Waals surface area contributed by atoms with E-state index in [1.54, 1.807) is 0 Å². The van der Waals surface area contributed by atoms with E-state index in [-0.39, 0.29) is 11.2 Å². The summed E-state index contributed by atoms with van der Waals surface area (Å²) >= 11 is 6.93. The van der Waals surface area contributed by atoms with Gasteiger partial charge in [-0.1, -0.05) is 49.4 Å². The van der Waals surface area contributed by atoms with Gasteiger partial charge in [0.2, 0.25) is 5.91 Å². The van der Waals surface area contributed by atoms with E-state index in [0.29, 0.717) is 5.11 Å². The van der Waals surface area contributed by atoms with Gasteiger partial charge in [-0.25, -0.2) is 0 Å². The highest BCUT2D eigenvalue weighted by atomic mass is 32.2. The smallest absolute Gasteiger partial charge is 0.237 e. The molecule has 3 N–H and O–H groups in total. The largest absolute Gasteiger partial charge is 0.332 e. The predicted molar refractivity (Wildman–Crippen MR) is 137 cm³/mol. The molecule has 0 aromatic heterocycles. The lowest BCUT2D eigenvalue weighted by molar-refractivity contribution is -0.115. The summed E-state index contributed by atoms with van der Waals surface area (Å²) in [6.07, 6.45) is 0.878. The topological polar surface area (TPSA) is 53.2 Å². The summed E-state index contributed by atoms with van der Waals surface area (Å²) in [5.41, 5.74) is 4.96. The van der Waals surface area contributed by atoms with Crippen molar-refractivity contribution in [3.8, 4) is 0 Å². The highest BCUT2D eigenvalue weighted by Crippen LogP contribution is 2.28. The molecule has 0 spiro atoms. The van der Waals surface area contributed by atoms with E-state index in [0.717, 1.165) is 39.5 Å². The van der Waals surface area contributed by atoms with Crippen molar-refractivity contribution in [3.05, 3.63) is 83.9 Å². The van der Waals surface area contributed by atoms with E-state index in [1.807, 2.05) is 80.6 Å². The second kappa shape index (κ2) is 11.0. The molecule has 1 atom stereocenters. The van der Waals surface area contributed by atoms with Crippen LogP contribution in [0.15, 0.2) is 77.7 Å². The van der Waals surface area contributed by atoms with Gasteiger partial charge in [-0.2, -0.15) is 0 Å². The monoisotopic (exact) mass is 449 g/mol. The fraction of sp³-hybridized carbons (Fsp3) is 0.200. The number of carbonyl (C=O) groups is 1. The lowest BCUT2D eigenvalue weighted by Gasteiger charge is -2.17. The molecular weight excluding hydrogens is 422 g/mol. The Balaban J connectivity index is 1.61. The van der Waals surface area contributed by atoms with Gasteiger partial charge in [0.05, 0.1) is 5.25 Å². The minimum Gasteiger partial charge on any atom is -0.332 e. The number of hydrogen-bond acceptors (Lipinski definition) is 3. The van der Waals surface area contributed by atoms with Crippen LogP contribution in [-0.2, 0) is 11.2 Å². The molecule has 0 aliphatic rings. The number of thioether (sulfide) groups is 1. The summed E-state index contributed by atoms with van der Waals surface area (Å²) in [5.74, 6) is -0.00590. The van der Waals surface area contributed by atoms with Crippen LogP contribution < -0.4 is 16.0 Å². The summed E-state index contributed by atoms with van der Waals surface area (Å²) in [6, 6.07) is 23.8. The second-order valence-electron chi connectivity index (χ2n) is 7.18. The SMILES string of the molecule is CCc1cccc(C)c1NC(=O)C(C)Sc1cccc(NC(=S)Nc2ccccc2)c1. The van der Waals surface area contributed by atoms with Gasteiger partial charge in [-0.15, -0.1) is 11.8 Å². The molecule has 3 rings (SSSR count). The summed E-state index contributed by atoms with van der Waals surface area (Å²) in [4.78, 5) is 13.8. The van der Waals surface area contributed by atoms with Crippen molar-refractivity contribution >= 4 is 52.1 Å². The van der Waals surface area contributed by atoms with Crippen LogP contribution in [0.25, 0.3) is 0 Å². The average Bonchev–Trinajstić information content (AvgIpc) is 2.76. The van der Waals surface area contributed by atoms with Gasteiger partial charge in [0, 0.05) is 22.0 Å². The Labute approximate surface area is 193 Å². The van der Waals surface area contributed by atoms with Gasteiger partial charge in [-0.3, -0.25) is 4.79 Å². The Kier molecular flexibility index (Phi) is 8.09. The molecule has 1 amide bonds. The molecular formula is C25H27N3OS2. The normalized spacial score (nSPS) is 11.5. The second-order valence-corrected chi connectivity index (χ2v) is 9.01. The molecule has 0 bridgehead atoms. The molecule has 0 aliphatic heterocycles. The third-order valence-electron chi connectivity index (χ3n) is 4.79. The molecule has 31 heavy (non-hydrogen) atoms. The first-order chi connectivity index (χ1) is 15.0. The Morgan fingerprint density at radius 3 is 2.35 bits per heavy atom. The minimum absolute atomic E-state index is 0.00590. The Hall–Kier alpha value is -2.83. The summed E-state index contributed by atoms with van der Waals surface area (Å²) in [7, 11) is 0. The van der Waals surface area contributed by atoms with Crippen molar-refractivity contribution in [1.82, 2.24) is 0 Å². The van der Waals surface area contributed by atoms with Crippen LogP contribution in [0.1, 0.15) is 25.0 Å². The number of anilines is 3. The molecule has 6 heteroatoms. The fourth-order valence-corrected chi connectivity index (χ4v) is 4.31. The van der Waals surface area contributed by atoms with E-state index in [9.17, 15) is 4.79 Å². The van der Waals surface area contributed by atoms with E-state index in [4.69, 9.17) is 12.2 Å². The van der Waals surface area contributed by atoms with Crippen LogP contribution in [0.3, 0.4) is 0 Å². The number of aryl methyl sites for hydroxylation is 2. The number of para-hydroxylation sites is 2. The zero-order chi connectivity index (χ0) is 22.2. The molecule has 3 aromatic carbocycles. The summed E-state index contributed by atoms with van der Waals surface area (Å²) < 4.78 is 0. The molecule has 0 saturated heterocycles. The third kappa shape index (κ3) is 6.57. The number of hydrogen-bond donors (Lipinski definition) is 3. The average molecular weight is 450 g/mol. The van der Waals surface area contributed by atoms with Gasteiger partial charge in [0.15, 0.2) is 5.11 Å². The molecule has 0 heterocycles. The molecule has 160 valence electrons. The quantitative estimate of drug-likeness (QED) is 0.284. The van der Waals surface area contributed by atoms with Crippen molar-refractivity contribution < 1.29 is 4.79 Å². The molecule has 0 aliphatic carbocycles. The Morgan fingerprint density at radius 2 is 1.61 bits per heavy atom. The number of thiocarbonyl (C=S) groups is 1. The first kappa shape index (κ1) is 22.8. The van der Waals surface area contributed by atoms with Gasteiger partial charge in [-0.05, 0) is 73.9 Å². The number of rotatable bonds is 7. The molecule has 0 radical (unpaired) electrons. The predicted octanol–water partition coefficient (Wildman–Crippen LogP) is 6.49. The van der Waals surface area contributed by atoms with Gasteiger partial charge >= 0.3 is 0 Å². The number of amides is 1. The van der Waals surface area contributed by atoms with E-state index in [1.165, 1.54) is 11.8 Å². The molecule has 4 nitrogen and oxygen atoms in total. The van der Waals surface area contributed by atoms with Crippen LogP contribution >= 0.6 is 24.0 Å². The summed E-state index contributed by atoms with van der Waals surface area (Å²) in [5, 5.41) is 9.76. The maximum atomic E-state index is 12.8. The number of nitrogens with one attached hydrogen (secondary N) is 3. The van der Waals surface area contributed by atoms with E-state index in [2.05, 4.69) is 28.9 Å². The van der Waals surface area contributed by atoms with Gasteiger partial charge in [0.1, 0.15) is 0 Å². The highest BCUT2D eigenvalue weighted by Gasteiger charge is 2.17. The summed E-state index contributed by atoms with van der Waals surface area (Å²) in [6.45, 7) is 6.04. The number of benzene rings is 3. The maximum Gasteiger partial charge on any atom is 0.237 e. The van der Waals surface area contributed by atoms with Crippen molar-refractivity contribution in [2.45, 2.75) is 37.3 Å². The molecule has 1 unspecified atom stereocenters. The zero-order valence-corrected chi connectivity index (χ0v) is 19.6. The van der Waals surface area contributed by atoms with Gasteiger partial charge in [0.25, 0.3) is 0 Å². The molecule has 0 fully saturated rings. The molecule has 3 aromatic rings. The Bertz CT molecular complexity index is 1050.